The Morgan fingerprint density at radius 1 is 0.871 bits per heavy atom. The minimum absolute atomic E-state index is 0.0937. The van der Waals surface area contributed by atoms with Gasteiger partial charge in [-0.25, -0.2) is 8.42 Å². The summed E-state index contributed by atoms with van der Waals surface area (Å²) >= 11 is 6.07. The van der Waals surface area contributed by atoms with Gasteiger partial charge in [-0.2, -0.15) is 0 Å². The lowest BCUT2D eigenvalue weighted by Gasteiger charge is -2.13. The Bertz CT molecular complexity index is 1300. The molecule has 0 radical (unpaired) electrons. The predicted molar refractivity (Wildman–Crippen MR) is 123 cm³/mol. The topological polar surface area (TPSA) is 91.1 Å². The monoisotopic (exact) mass is 451 g/mol. The molecule has 156 valence electrons. The van der Waals surface area contributed by atoms with Crippen molar-refractivity contribution in [2.75, 3.05) is 10.0 Å². The summed E-state index contributed by atoms with van der Waals surface area (Å²) in [5.74, 6) is -0.485. The molecular formula is C23H18ClN3O3S. The third-order valence-electron chi connectivity index (χ3n) is 4.58. The van der Waals surface area contributed by atoms with Crippen LogP contribution in [0.1, 0.15) is 10.4 Å². The first-order valence-corrected chi connectivity index (χ1v) is 11.2. The zero-order valence-electron chi connectivity index (χ0n) is 16.2. The quantitative estimate of drug-likeness (QED) is 0.367. The van der Waals surface area contributed by atoms with E-state index in [4.69, 9.17) is 11.6 Å². The summed E-state index contributed by atoms with van der Waals surface area (Å²) in [6.07, 6.45) is 1.84. The predicted octanol–water partition coefficient (Wildman–Crippen LogP) is 5.39. The number of H-pyrrole nitrogens is 1. The summed E-state index contributed by atoms with van der Waals surface area (Å²) < 4.78 is 27.9. The Labute approximate surface area is 185 Å². The van der Waals surface area contributed by atoms with Crippen molar-refractivity contribution < 1.29 is 13.2 Å². The zero-order chi connectivity index (χ0) is 21.8. The molecule has 1 amide bonds. The largest absolute Gasteiger partial charge is 0.361 e. The maximum Gasteiger partial charge on any atom is 0.261 e. The van der Waals surface area contributed by atoms with Crippen LogP contribution in [-0.2, 0) is 10.0 Å². The second kappa shape index (κ2) is 8.67. The molecule has 6 nitrogen and oxygen atoms in total. The van der Waals surface area contributed by atoms with Gasteiger partial charge in [-0.3, -0.25) is 9.52 Å². The van der Waals surface area contributed by atoms with Crippen LogP contribution in [0.5, 0.6) is 0 Å². The molecule has 1 heterocycles. The van der Waals surface area contributed by atoms with Gasteiger partial charge in [-0.1, -0.05) is 41.9 Å². The third kappa shape index (κ3) is 4.79. The van der Waals surface area contributed by atoms with Crippen LogP contribution in [0.4, 0.5) is 11.4 Å². The second-order valence-electron chi connectivity index (χ2n) is 6.72. The van der Waals surface area contributed by atoms with Crippen LogP contribution in [0, 0.1) is 0 Å². The molecule has 3 aromatic carbocycles. The number of aromatic amines is 1. The van der Waals surface area contributed by atoms with Crippen molar-refractivity contribution in [3.8, 4) is 11.3 Å². The van der Waals surface area contributed by atoms with Crippen LogP contribution in [0.25, 0.3) is 11.3 Å². The summed E-state index contributed by atoms with van der Waals surface area (Å²) in [6, 6.07) is 23.5. The molecule has 0 saturated heterocycles. The number of carbonyl (C=O) groups excluding carboxylic acids is 1. The fraction of sp³-hybridized carbons (Fsp3) is 0. The Morgan fingerprint density at radius 3 is 2.29 bits per heavy atom. The van der Waals surface area contributed by atoms with Gasteiger partial charge in [0.15, 0.2) is 0 Å². The number of aromatic nitrogens is 1. The van der Waals surface area contributed by atoms with Gasteiger partial charge < -0.3 is 10.3 Å². The first kappa shape index (κ1) is 20.7. The fourth-order valence-electron chi connectivity index (χ4n) is 3.04. The summed E-state index contributed by atoms with van der Waals surface area (Å²) in [5, 5.41) is 3.10. The highest BCUT2D eigenvalue weighted by Gasteiger charge is 2.19. The van der Waals surface area contributed by atoms with E-state index in [1.165, 1.54) is 30.3 Å². The molecule has 0 atom stereocenters. The average molecular weight is 452 g/mol. The molecule has 1 aromatic heterocycles. The number of amides is 1. The molecule has 0 aliphatic rings. The van der Waals surface area contributed by atoms with E-state index in [-0.39, 0.29) is 16.1 Å². The Morgan fingerprint density at radius 2 is 1.61 bits per heavy atom. The van der Waals surface area contributed by atoms with E-state index in [9.17, 15) is 13.2 Å². The van der Waals surface area contributed by atoms with Gasteiger partial charge in [0.2, 0.25) is 0 Å². The number of rotatable bonds is 6. The summed E-state index contributed by atoms with van der Waals surface area (Å²) in [4.78, 5) is 16.1. The standard InChI is InChI=1S/C23H18ClN3O3S/c24-17-10-13-22(27-31(29,30)19-5-2-1-3-6-19)20(15-17)23(28)26-18-11-8-16(9-12-18)21-7-4-14-25-21/h1-15,25,27H,(H,26,28). The molecule has 3 N–H and O–H groups in total. The van der Waals surface area contributed by atoms with Gasteiger partial charge >= 0.3 is 0 Å². The summed E-state index contributed by atoms with van der Waals surface area (Å²) in [5.41, 5.74) is 2.75. The molecule has 0 aliphatic carbocycles. The number of halogens is 1. The lowest BCUT2D eigenvalue weighted by Crippen LogP contribution is -2.18. The van der Waals surface area contributed by atoms with Crippen molar-refractivity contribution in [1.82, 2.24) is 4.98 Å². The number of hydrogen-bond acceptors (Lipinski definition) is 3. The van der Waals surface area contributed by atoms with Crippen LogP contribution >= 0.6 is 11.6 Å². The molecular weight excluding hydrogens is 434 g/mol. The Balaban J connectivity index is 1.58. The maximum absolute atomic E-state index is 12.9. The van der Waals surface area contributed by atoms with Gasteiger partial charge in [-0.15, -0.1) is 0 Å². The van der Waals surface area contributed by atoms with Gasteiger partial charge in [-0.05, 0) is 60.2 Å². The first-order valence-electron chi connectivity index (χ1n) is 9.35. The molecule has 31 heavy (non-hydrogen) atoms. The van der Waals surface area contributed by atoms with Crippen molar-refractivity contribution in [2.45, 2.75) is 4.90 Å². The first-order chi connectivity index (χ1) is 14.9. The Kier molecular flexibility index (Phi) is 5.79. The molecule has 0 fully saturated rings. The van der Waals surface area contributed by atoms with E-state index >= 15 is 0 Å². The van der Waals surface area contributed by atoms with Crippen LogP contribution < -0.4 is 10.0 Å². The van der Waals surface area contributed by atoms with Crippen LogP contribution in [0.15, 0.2) is 96.0 Å². The molecule has 0 unspecified atom stereocenters. The number of hydrogen-bond donors (Lipinski definition) is 3. The number of benzene rings is 3. The molecule has 8 heteroatoms. The van der Waals surface area contributed by atoms with Crippen molar-refractivity contribution in [1.29, 1.82) is 0 Å². The Hall–Kier alpha value is -3.55. The van der Waals surface area contributed by atoms with Crippen molar-refractivity contribution in [2.24, 2.45) is 0 Å². The van der Waals surface area contributed by atoms with Crippen LogP contribution in [0.3, 0.4) is 0 Å². The highest BCUT2D eigenvalue weighted by molar-refractivity contribution is 7.92. The van der Waals surface area contributed by atoms with Gasteiger partial charge in [0.25, 0.3) is 15.9 Å². The molecule has 4 rings (SSSR count). The minimum atomic E-state index is -3.86. The number of carbonyl (C=O) groups is 1. The highest BCUT2D eigenvalue weighted by atomic mass is 35.5. The van der Waals surface area contributed by atoms with E-state index in [0.29, 0.717) is 10.7 Å². The summed E-state index contributed by atoms with van der Waals surface area (Å²) in [6.45, 7) is 0. The van der Waals surface area contributed by atoms with Gasteiger partial charge in [0.1, 0.15) is 0 Å². The number of nitrogens with one attached hydrogen (secondary N) is 3. The van der Waals surface area contributed by atoms with Crippen molar-refractivity contribution in [3.63, 3.8) is 0 Å². The average Bonchev–Trinajstić information content (AvgIpc) is 3.31. The van der Waals surface area contributed by atoms with E-state index in [1.54, 1.807) is 30.3 Å². The molecule has 4 aromatic rings. The lowest BCUT2D eigenvalue weighted by molar-refractivity contribution is 0.102. The van der Waals surface area contributed by atoms with Crippen molar-refractivity contribution >= 4 is 38.9 Å². The lowest BCUT2D eigenvalue weighted by atomic mass is 10.1. The number of sulfonamides is 1. The van der Waals surface area contributed by atoms with E-state index in [2.05, 4.69) is 15.0 Å². The fourth-order valence-corrected chi connectivity index (χ4v) is 4.31. The second-order valence-corrected chi connectivity index (χ2v) is 8.84. The normalized spacial score (nSPS) is 11.1. The van der Waals surface area contributed by atoms with E-state index in [0.717, 1.165) is 11.3 Å². The molecule has 0 aliphatic heterocycles. The molecule has 0 bridgehead atoms. The molecule has 0 spiro atoms. The van der Waals surface area contributed by atoms with Crippen LogP contribution in [0.2, 0.25) is 5.02 Å². The zero-order valence-corrected chi connectivity index (χ0v) is 17.7. The van der Waals surface area contributed by atoms with E-state index < -0.39 is 15.9 Å². The van der Waals surface area contributed by atoms with Gasteiger partial charge in [0.05, 0.1) is 16.1 Å². The van der Waals surface area contributed by atoms with Crippen molar-refractivity contribution in [3.05, 3.63) is 102 Å². The maximum atomic E-state index is 12.9. The minimum Gasteiger partial charge on any atom is -0.361 e. The molecule has 0 saturated carbocycles. The van der Waals surface area contributed by atoms with Gasteiger partial charge in [0, 0.05) is 22.6 Å². The summed E-state index contributed by atoms with van der Waals surface area (Å²) in [7, 11) is -3.86. The third-order valence-corrected chi connectivity index (χ3v) is 6.19. The van der Waals surface area contributed by atoms with Crippen LogP contribution in [-0.4, -0.2) is 19.3 Å². The SMILES string of the molecule is O=C(Nc1ccc(-c2ccc[nH]2)cc1)c1cc(Cl)ccc1NS(=O)(=O)c1ccccc1. The van der Waals surface area contributed by atoms with E-state index in [1.807, 2.05) is 30.5 Å². The number of anilines is 2. The smallest absolute Gasteiger partial charge is 0.261 e. The highest BCUT2D eigenvalue weighted by Crippen LogP contribution is 2.26.